The SMILES string of the molecule is [CH2]OC(=O)CCCCC. The molecule has 0 N–H and O–H groups in total. The number of hydrogen-bond acceptors (Lipinski definition) is 2. The van der Waals surface area contributed by atoms with Crippen molar-refractivity contribution in [3.63, 3.8) is 0 Å². The van der Waals surface area contributed by atoms with Gasteiger partial charge in [-0.25, -0.2) is 0 Å². The molecule has 0 aromatic rings. The first kappa shape index (κ1) is 8.47. The van der Waals surface area contributed by atoms with Gasteiger partial charge in [0.25, 0.3) is 0 Å². The molecule has 0 aromatic heterocycles. The lowest BCUT2D eigenvalue weighted by Crippen LogP contribution is -1.97. The van der Waals surface area contributed by atoms with Crippen molar-refractivity contribution in [3.8, 4) is 0 Å². The molecule has 0 atom stereocenters. The molecule has 0 aliphatic rings. The number of unbranched alkanes of at least 4 members (excludes halogenated alkanes) is 2. The zero-order valence-electron chi connectivity index (χ0n) is 5.85. The van der Waals surface area contributed by atoms with Gasteiger partial charge in [0, 0.05) is 6.42 Å². The fraction of sp³-hybridized carbons (Fsp3) is 0.714. The van der Waals surface area contributed by atoms with Gasteiger partial charge in [-0.2, -0.15) is 0 Å². The first-order valence-corrected chi connectivity index (χ1v) is 3.26. The summed E-state index contributed by atoms with van der Waals surface area (Å²) in [6, 6.07) is 0. The fourth-order valence-electron chi connectivity index (χ4n) is 0.592. The van der Waals surface area contributed by atoms with E-state index in [1.54, 1.807) is 0 Å². The molecule has 9 heavy (non-hydrogen) atoms. The molecule has 0 rings (SSSR count). The van der Waals surface area contributed by atoms with Gasteiger partial charge >= 0.3 is 5.97 Å². The van der Waals surface area contributed by atoms with E-state index in [0.717, 1.165) is 19.3 Å². The third-order valence-corrected chi connectivity index (χ3v) is 1.15. The van der Waals surface area contributed by atoms with Gasteiger partial charge in [0.05, 0.1) is 0 Å². The van der Waals surface area contributed by atoms with Crippen LogP contribution in [0.4, 0.5) is 0 Å². The van der Waals surface area contributed by atoms with Crippen LogP contribution >= 0.6 is 0 Å². The van der Waals surface area contributed by atoms with E-state index in [1.165, 1.54) is 0 Å². The van der Waals surface area contributed by atoms with E-state index in [1.807, 2.05) is 0 Å². The van der Waals surface area contributed by atoms with Crippen molar-refractivity contribution in [1.29, 1.82) is 0 Å². The molecule has 0 unspecified atom stereocenters. The van der Waals surface area contributed by atoms with Gasteiger partial charge in [0.15, 0.2) is 0 Å². The van der Waals surface area contributed by atoms with E-state index in [-0.39, 0.29) is 5.97 Å². The summed E-state index contributed by atoms with van der Waals surface area (Å²) in [7, 11) is 3.01. The van der Waals surface area contributed by atoms with Crippen molar-refractivity contribution in [2.24, 2.45) is 0 Å². The first-order valence-electron chi connectivity index (χ1n) is 3.26. The summed E-state index contributed by atoms with van der Waals surface area (Å²) in [4.78, 5) is 10.4. The van der Waals surface area contributed by atoms with Gasteiger partial charge in [-0.1, -0.05) is 19.8 Å². The third-order valence-electron chi connectivity index (χ3n) is 1.15. The maximum atomic E-state index is 10.4. The number of rotatable bonds is 4. The summed E-state index contributed by atoms with van der Waals surface area (Å²) >= 11 is 0. The van der Waals surface area contributed by atoms with E-state index < -0.39 is 0 Å². The Kier molecular flexibility index (Phi) is 5.27. The summed E-state index contributed by atoms with van der Waals surface area (Å²) in [6.45, 7) is 2.09. The Morgan fingerprint density at radius 2 is 2.22 bits per heavy atom. The van der Waals surface area contributed by atoms with Crippen molar-refractivity contribution in [2.75, 3.05) is 0 Å². The Bertz CT molecular complexity index is 79.0. The monoisotopic (exact) mass is 129 g/mol. The molecule has 0 fully saturated rings. The van der Waals surface area contributed by atoms with Gasteiger partial charge in [0.2, 0.25) is 0 Å². The van der Waals surface area contributed by atoms with Gasteiger partial charge in [-0.15, -0.1) is 0 Å². The third kappa shape index (κ3) is 5.34. The van der Waals surface area contributed by atoms with E-state index in [0.29, 0.717) is 6.42 Å². The highest BCUT2D eigenvalue weighted by Gasteiger charge is 1.96. The maximum Gasteiger partial charge on any atom is 0.305 e. The quantitative estimate of drug-likeness (QED) is 0.428. The lowest BCUT2D eigenvalue weighted by atomic mass is 10.2. The van der Waals surface area contributed by atoms with Crippen LogP contribution in [0.3, 0.4) is 0 Å². The highest BCUT2D eigenvalue weighted by molar-refractivity contribution is 5.69. The zero-order valence-corrected chi connectivity index (χ0v) is 5.85. The minimum absolute atomic E-state index is 0.205. The van der Waals surface area contributed by atoms with Crippen LogP contribution in [-0.2, 0) is 9.53 Å². The summed E-state index contributed by atoms with van der Waals surface area (Å²) in [5.41, 5.74) is 0. The Balaban J connectivity index is 2.97. The molecule has 0 aliphatic heterocycles. The smallest absolute Gasteiger partial charge is 0.305 e. The zero-order chi connectivity index (χ0) is 7.11. The largest absolute Gasteiger partial charge is 0.462 e. The second-order valence-electron chi connectivity index (χ2n) is 1.97. The van der Waals surface area contributed by atoms with E-state index in [2.05, 4.69) is 18.8 Å². The van der Waals surface area contributed by atoms with Crippen LogP contribution in [0.2, 0.25) is 0 Å². The van der Waals surface area contributed by atoms with Crippen LogP contribution in [0.5, 0.6) is 0 Å². The molecular weight excluding hydrogens is 116 g/mol. The Morgan fingerprint density at radius 1 is 1.56 bits per heavy atom. The predicted octanol–water partition coefficient (Wildman–Crippen LogP) is 1.90. The van der Waals surface area contributed by atoms with Crippen molar-refractivity contribution in [1.82, 2.24) is 0 Å². The average molecular weight is 129 g/mol. The minimum atomic E-state index is -0.205. The molecule has 2 heteroatoms. The van der Waals surface area contributed by atoms with Crippen LogP contribution < -0.4 is 0 Å². The van der Waals surface area contributed by atoms with E-state index >= 15 is 0 Å². The first-order chi connectivity index (χ1) is 4.31. The van der Waals surface area contributed by atoms with Gasteiger partial charge in [0.1, 0.15) is 7.11 Å². The Labute approximate surface area is 56.2 Å². The van der Waals surface area contributed by atoms with Crippen molar-refractivity contribution >= 4 is 5.97 Å². The summed E-state index contributed by atoms with van der Waals surface area (Å²) < 4.78 is 4.21. The standard InChI is InChI=1S/C7H13O2/c1-3-4-5-6-7(8)9-2/h2-6H2,1H3. The highest BCUT2D eigenvalue weighted by atomic mass is 16.5. The molecular formula is C7H13O2. The van der Waals surface area contributed by atoms with Crippen molar-refractivity contribution in [2.45, 2.75) is 32.6 Å². The predicted molar refractivity (Wildman–Crippen MR) is 35.6 cm³/mol. The topological polar surface area (TPSA) is 26.3 Å². The van der Waals surface area contributed by atoms with Gasteiger partial charge in [-0.05, 0) is 6.42 Å². The molecule has 0 amide bonds. The average Bonchev–Trinajstić information content (AvgIpc) is 1.89. The molecule has 53 valence electrons. The molecule has 0 heterocycles. The number of carbonyl (C=O) groups is 1. The minimum Gasteiger partial charge on any atom is -0.462 e. The van der Waals surface area contributed by atoms with Crippen molar-refractivity contribution in [3.05, 3.63) is 7.11 Å². The lowest BCUT2D eigenvalue weighted by molar-refractivity contribution is -0.138. The molecule has 2 nitrogen and oxygen atoms in total. The summed E-state index contributed by atoms with van der Waals surface area (Å²) in [6.07, 6.45) is 3.65. The molecule has 0 aliphatic carbocycles. The normalized spacial score (nSPS) is 9.11. The van der Waals surface area contributed by atoms with E-state index in [9.17, 15) is 4.79 Å². The van der Waals surface area contributed by atoms with Crippen LogP contribution in [0, 0.1) is 7.11 Å². The number of hydrogen-bond donors (Lipinski definition) is 0. The van der Waals surface area contributed by atoms with Crippen LogP contribution in [0.25, 0.3) is 0 Å². The van der Waals surface area contributed by atoms with Gasteiger partial charge < -0.3 is 4.74 Å². The Morgan fingerprint density at radius 3 is 2.67 bits per heavy atom. The van der Waals surface area contributed by atoms with Crippen LogP contribution in [0.1, 0.15) is 32.6 Å². The molecule has 0 saturated heterocycles. The van der Waals surface area contributed by atoms with Crippen molar-refractivity contribution < 1.29 is 9.53 Å². The maximum absolute atomic E-state index is 10.4. The number of ether oxygens (including phenoxy) is 1. The lowest BCUT2D eigenvalue weighted by Gasteiger charge is -1.95. The summed E-state index contributed by atoms with van der Waals surface area (Å²) in [5.74, 6) is -0.205. The second-order valence-corrected chi connectivity index (χ2v) is 1.97. The molecule has 0 spiro atoms. The number of carbonyl (C=O) groups excluding carboxylic acids is 1. The molecule has 0 bridgehead atoms. The number of esters is 1. The Hall–Kier alpha value is -0.530. The van der Waals surface area contributed by atoms with Gasteiger partial charge in [-0.3, -0.25) is 4.79 Å². The molecule has 0 aromatic carbocycles. The fourth-order valence-corrected chi connectivity index (χ4v) is 0.592. The van der Waals surface area contributed by atoms with E-state index in [4.69, 9.17) is 0 Å². The molecule has 0 saturated carbocycles. The second kappa shape index (κ2) is 5.60. The summed E-state index contributed by atoms with van der Waals surface area (Å²) in [5, 5.41) is 0. The van der Waals surface area contributed by atoms with Crippen LogP contribution in [-0.4, -0.2) is 5.97 Å². The molecule has 1 radical (unpaired) electrons. The van der Waals surface area contributed by atoms with Crippen LogP contribution in [0.15, 0.2) is 0 Å². The highest BCUT2D eigenvalue weighted by Crippen LogP contribution is 1.99.